The predicted molar refractivity (Wildman–Crippen MR) is 333 cm³/mol. The third kappa shape index (κ3) is 16.0. The van der Waals surface area contributed by atoms with E-state index in [4.69, 9.17) is 19.9 Å². The molecule has 0 unspecified atom stereocenters. The van der Waals surface area contributed by atoms with E-state index in [0.717, 1.165) is 142 Å². The zero-order valence-corrected chi connectivity index (χ0v) is 50.8. The van der Waals surface area contributed by atoms with Gasteiger partial charge in [-0.2, -0.15) is 18.3 Å². The Morgan fingerprint density at radius 1 is 0.284 bits per heavy atom. The molecular formula is C72H92MnN8+4. The average molecular weight is 1120 g/mol. The zero-order valence-electron chi connectivity index (χ0n) is 49.6. The molecule has 8 nitrogen and oxygen atoms in total. The molecule has 0 amide bonds. The van der Waals surface area contributed by atoms with Gasteiger partial charge in [0.1, 0.15) is 26.2 Å². The average Bonchev–Trinajstić information content (AvgIpc) is 4.44. The first-order valence-corrected chi connectivity index (χ1v) is 31.6. The van der Waals surface area contributed by atoms with Crippen molar-refractivity contribution in [1.82, 2.24) is 19.9 Å². The number of aryl methyl sites for hydroxylation is 4. The Bertz CT molecular complexity index is 2900. The number of nitrogens with zero attached hydrogens (tertiary/aromatic N) is 8. The Morgan fingerprint density at radius 3 is 0.741 bits per heavy atom. The van der Waals surface area contributed by atoms with E-state index in [0.29, 0.717) is 0 Å². The molecule has 0 spiro atoms. The molecule has 2 aliphatic heterocycles. The quantitative estimate of drug-likeness (QED) is 0.0239. The number of hydrogen-bond acceptors (Lipinski definition) is 2. The third-order valence-electron chi connectivity index (χ3n) is 16.4. The molecule has 0 aromatic carbocycles. The maximum Gasteiger partial charge on any atom is 2.00 e. The van der Waals surface area contributed by atoms with E-state index < -0.39 is 0 Å². The van der Waals surface area contributed by atoms with E-state index in [-0.39, 0.29) is 17.1 Å². The first-order chi connectivity index (χ1) is 39.6. The minimum absolute atomic E-state index is 0. The van der Waals surface area contributed by atoms with Crippen molar-refractivity contribution in [2.24, 2.45) is 0 Å². The van der Waals surface area contributed by atoms with Gasteiger partial charge in [0.25, 0.3) is 0 Å². The molecule has 9 heteroatoms. The van der Waals surface area contributed by atoms with Crippen LogP contribution in [-0.2, 0) is 43.2 Å². The summed E-state index contributed by atoms with van der Waals surface area (Å²) in [5, 5.41) is 0. The Labute approximate surface area is 496 Å². The van der Waals surface area contributed by atoms with E-state index >= 15 is 0 Å². The smallest absolute Gasteiger partial charge is 0.656 e. The van der Waals surface area contributed by atoms with Gasteiger partial charge in [0.2, 0.25) is 22.8 Å². The molecule has 7 aromatic heterocycles. The maximum atomic E-state index is 5.77. The van der Waals surface area contributed by atoms with Gasteiger partial charge in [-0.25, -0.2) is 9.97 Å². The molecule has 423 valence electrons. The van der Waals surface area contributed by atoms with Crippen molar-refractivity contribution < 1.29 is 35.3 Å². The van der Waals surface area contributed by atoms with Crippen molar-refractivity contribution in [2.75, 3.05) is 0 Å². The van der Waals surface area contributed by atoms with Crippen molar-refractivity contribution in [1.29, 1.82) is 0 Å². The first kappa shape index (κ1) is 60.8. The van der Waals surface area contributed by atoms with E-state index in [2.05, 4.69) is 192 Å². The molecule has 0 atom stereocenters. The number of unbranched alkanes of at least 4 members (excludes halogenated alkanes) is 20. The van der Waals surface area contributed by atoms with Crippen molar-refractivity contribution in [2.45, 2.75) is 208 Å². The molecule has 81 heavy (non-hydrogen) atoms. The molecule has 9 rings (SSSR count). The fourth-order valence-corrected chi connectivity index (χ4v) is 12.0. The monoisotopic (exact) mass is 1120 g/mol. The summed E-state index contributed by atoms with van der Waals surface area (Å²) in [6.07, 6.45) is 47.7. The van der Waals surface area contributed by atoms with Gasteiger partial charge < -0.3 is 9.97 Å². The molecule has 0 aliphatic carbocycles. The van der Waals surface area contributed by atoms with Crippen LogP contribution in [-0.4, -0.2) is 9.97 Å². The number of rotatable bonds is 32. The van der Waals surface area contributed by atoms with Crippen LogP contribution >= 0.6 is 0 Å². The minimum Gasteiger partial charge on any atom is -0.656 e. The Kier molecular flexibility index (Phi) is 24.3. The molecule has 1 radical (unpaired) electrons. The summed E-state index contributed by atoms with van der Waals surface area (Å²) < 4.78 is 9.77. The van der Waals surface area contributed by atoms with Gasteiger partial charge in [0.15, 0.2) is 24.8 Å². The van der Waals surface area contributed by atoms with Gasteiger partial charge in [0.05, 0.1) is 45.0 Å². The summed E-state index contributed by atoms with van der Waals surface area (Å²) in [6.45, 7) is 12.9. The summed E-state index contributed by atoms with van der Waals surface area (Å²) in [7, 11) is 0. The summed E-state index contributed by atoms with van der Waals surface area (Å²) in [6, 6.07) is 35.4. The Balaban J connectivity index is 0.00000860. The molecule has 2 aliphatic rings. The molecular weight excluding hydrogens is 1030 g/mol. The standard InChI is InChI=1S/C72H92N8.Mn/c1-5-9-13-17-21-29-49-77-53-33-25-37-65(77)69-57-41-43-59(73-57)70(66-38-26-34-54-78(66)50-30-22-18-14-10-6-2)61-45-47-63(75-61)72(68-40-28-36-56-80(68)52-32-24-20-16-12-8-4)64-48-46-62(76-64)71(60-44-42-58(69)74-60)67-39-27-35-55-79(67)51-31-23-19-15-11-7-3;/h25-28,33-48,53-56H,5-24,29-32,49-52H2,1-4H3;/q2*+2. The largest absolute Gasteiger partial charge is 2.00 e. The van der Waals surface area contributed by atoms with Crippen molar-refractivity contribution in [3.8, 4) is 45.0 Å². The van der Waals surface area contributed by atoms with Crippen LogP contribution in [0.5, 0.6) is 0 Å². The molecule has 8 bridgehead atoms. The van der Waals surface area contributed by atoms with Gasteiger partial charge in [-0.15, -0.1) is 22.1 Å². The van der Waals surface area contributed by atoms with Crippen LogP contribution in [0.15, 0.2) is 122 Å². The van der Waals surface area contributed by atoms with Gasteiger partial charge in [-0.05, 0) is 74.3 Å². The van der Waals surface area contributed by atoms with Crippen molar-refractivity contribution >= 4 is 46.4 Å². The minimum atomic E-state index is 0. The fraction of sp³-hybridized carbons (Fsp3) is 0.444. The molecule has 0 N–H and O–H groups in total. The van der Waals surface area contributed by atoms with Crippen LogP contribution in [0.25, 0.3) is 91.4 Å². The number of aromatic nitrogens is 8. The van der Waals surface area contributed by atoms with E-state index in [1.165, 1.54) is 128 Å². The zero-order chi connectivity index (χ0) is 55.1. The van der Waals surface area contributed by atoms with E-state index in [1.807, 2.05) is 0 Å². The van der Waals surface area contributed by atoms with Crippen LogP contribution in [0.2, 0.25) is 0 Å². The van der Waals surface area contributed by atoms with Crippen molar-refractivity contribution in [3.05, 3.63) is 145 Å². The summed E-state index contributed by atoms with van der Waals surface area (Å²) in [4.78, 5) is 23.1. The van der Waals surface area contributed by atoms with E-state index in [9.17, 15) is 0 Å². The Hall–Kier alpha value is -6.28. The van der Waals surface area contributed by atoms with Gasteiger partial charge >= 0.3 is 17.1 Å². The van der Waals surface area contributed by atoms with Crippen LogP contribution in [0, 0.1) is 0 Å². The summed E-state index contributed by atoms with van der Waals surface area (Å²) >= 11 is 0. The second kappa shape index (κ2) is 32.4. The number of pyridine rings is 4. The maximum absolute atomic E-state index is 5.77. The summed E-state index contributed by atoms with van der Waals surface area (Å²) in [5.74, 6) is 0. The molecule has 0 saturated carbocycles. The molecule has 7 aromatic rings. The molecule has 0 saturated heterocycles. The predicted octanol–water partition coefficient (Wildman–Crippen LogP) is 17.2. The normalized spacial score (nSPS) is 11.9. The fourth-order valence-electron chi connectivity index (χ4n) is 12.0. The SMILES string of the molecule is CCCCCCCC[n+]1ccccc1-c1c2nc(c(-c3cccc[n+]3CCCCCCCC)c3ccc([n-]3)c(-c3cccc[n+]3CCCCCCCC)c3nc(c(-c4cccc[n+]4CCCCCCCC)c4ccc1[n-]4)C=C3)C=C2.[Mn+2]. The third-order valence-corrected chi connectivity index (χ3v) is 16.4. The Morgan fingerprint density at radius 2 is 0.506 bits per heavy atom. The topological polar surface area (TPSA) is 69.5 Å². The number of fused-ring (bicyclic) bond motifs is 8. The summed E-state index contributed by atoms with van der Waals surface area (Å²) in [5.41, 5.74) is 15.8. The molecule has 9 heterocycles. The van der Waals surface area contributed by atoms with Crippen LogP contribution in [0.1, 0.15) is 205 Å². The van der Waals surface area contributed by atoms with E-state index in [1.54, 1.807) is 0 Å². The van der Waals surface area contributed by atoms with Gasteiger partial charge in [-0.3, -0.25) is 0 Å². The van der Waals surface area contributed by atoms with Gasteiger partial charge in [0, 0.05) is 74.2 Å². The van der Waals surface area contributed by atoms with Gasteiger partial charge in [-0.1, -0.05) is 155 Å². The van der Waals surface area contributed by atoms with Crippen LogP contribution in [0.4, 0.5) is 0 Å². The first-order valence-electron chi connectivity index (χ1n) is 31.6. The van der Waals surface area contributed by atoms with Crippen LogP contribution < -0.4 is 28.2 Å². The van der Waals surface area contributed by atoms with Crippen molar-refractivity contribution in [3.63, 3.8) is 0 Å². The second-order valence-corrected chi connectivity index (χ2v) is 22.6. The second-order valence-electron chi connectivity index (χ2n) is 22.6. The molecule has 0 fully saturated rings. The number of hydrogen-bond donors (Lipinski definition) is 0. The van der Waals surface area contributed by atoms with Crippen LogP contribution in [0.3, 0.4) is 0 Å².